The van der Waals surface area contributed by atoms with E-state index in [0.29, 0.717) is 30.0 Å². The number of aromatic nitrogens is 1. The lowest BCUT2D eigenvalue weighted by atomic mass is 10.1. The predicted octanol–water partition coefficient (Wildman–Crippen LogP) is 5.15. The van der Waals surface area contributed by atoms with Crippen LogP contribution >= 0.6 is 24.8 Å². The number of nitrogens with two attached hydrogens (primary N) is 1. The number of rotatable bonds is 7. The molecule has 29 heavy (non-hydrogen) atoms. The van der Waals surface area contributed by atoms with E-state index in [1.165, 1.54) is 7.11 Å². The highest BCUT2D eigenvalue weighted by atomic mass is 35.5. The Hall–Kier alpha value is -2.96. The van der Waals surface area contributed by atoms with Gasteiger partial charge in [-0.05, 0) is 54.4 Å². The fourth-order valence-corrected chi connectivity index (χ4v) is 2.53. The third-order valence-corrected chi connectivity index (χ3v) is 3.97. The van der Waals surface area contributed by atoms with Gasteiger partial charge in [-0.25, -0.2) is 4.98 Å². The Kier molecular flexibility index (Phi) is 9.79. The number of halogens is 2. The van der Waals surface area contributed by atoms with Crippen molar-refractivity contribution in [1.82, 2.24) is 4.98 Å². The normalized spacial score (nSPS) is 9.55. The van der Waals surface area contributed by atoms with Crippen LogP contribution in [0.1, 0.15) is 12.0 Å². The number of carbonyl (C=O) groups excluding carboxylic acids is 1. The number of methoxy groups -OCH3 is 1. The lowest BCUT2D eigenvalue weighted by Gasteiger charge is -2.11. The molecule has 0 amide bonds. The van der Waals surface area contributed by atoms with Gasteiger partial charge in [-0.1, -0.05) is 12.1 Å². The molecule has 1 heterocycles. The van der Waals surface area contributed by atoms with Gasteiger partial charge in [-0.15, -0.1) is 24.8 Å². The minimum absolute atomic E-state index is 0. The smallest absolute Gasteiger partial charge is 0.305 e. The zero-order valence-electron chi connectivity index (χ0n) is 15.8. The van der Waals surface area contributed by atoms with E-state index in [1.807, 2.05) is 54.6 Å². The molecule has 3 N–H and O–H groups in total. The molecule has 3 rings (SSSR count). The van der Waals surface area contributed by atoms with Crippen LogP contribution in [-0.2, 0) is 16.0 Å². The molecule has 0 atom stereocenters. The first-order valence-corrected chi connectivity index (χ1v) is 8.55. The molecule has 8 heteroatoms. The summed E-state index contributed by atoms with van der Waals surface area (Å²) in [7, 11) is 1.37. The van der Waals surface area contributed by atoms with E-state index in [1.54, 1.807) is 12.3 Å². The lowest BCUT2D eigenvalue weighted by molar-refractivity contribution is -0.140. The number of aryl methyl sites for hydroxylation is 1. The van der Waals surface area contributed by atoms with E-state index < -0.39 is 0 Å². The van der Waals surface area contributed by atoms with Gasteiger partial charge in [0.2, 0.25) is 0 Å². The number of pyridine rings is 1. The lowest BCUT2D eigenvalue weighted by Crippen LogP contribution is -2.03. The molecule has 6 nitrogen and oxygen atoms in total. The third-order valence-electron chi connectivity index (χ3n) is 3.97. The van der Waals surface area contributed by atoms with Crippen LogP contribution in [0.3, 0.4) is 0 Å². The van der Waals surface area contributed by atoms with Gasteiger partial charge in [-0.3, -0.25) is 4.79 Å². The Balaban J connectivity index is 0.00000210. The maximum Gasteiger partial charge on any atom is 0.305 e. The van der Waals surface area contributed by atoms with E-state index in [-0.39, 0.29) is 30.8 Å². The standard InChI is InChI=1S/C21H21N3O3.2ClH/c1-26-21(25)12-6-15-5-9-18(14-19(15)22)27-17-10-7-16(8-11-17)24-20-4-2-3-13-23-20;;/h2-5,7-11,13-14H,6,12,22H2,1H3,(H,23,24);2*1H. The highest BCUT2D eigenvalue weighted by Gasteiger charge is 2.07. The van der Waals surface area contributed by atoms with E-state index in [4.69, 9.17) is 10.5 Å². The summed E-state index contributed by atoms with van der Waals surface area (Å²) in [5.74, 6) is 1.86. The van der Waals surface area contributed by atoms with Crippen LogP contribution in [0.25, 0.3) is 0 Å². The first-order valence-electron chi connectivity index (χ1n) is 8.55. The second-order valence-corrected chi connectivity index (χ2v) is 5.90. The van der Waals surface area contributed by atoms with E-state index in [9.17, 15) is 4.79 Å². The van der Waals surface area contributed by atoms with Crippen molar-refractivity contribution in [2.45, 2.75) is 12.8 Å². The molecular weight excluding hydrogens is 413 g/mol. The summed E-state index contributed by atoms with van der Waals surface area (Å²) in [6.45, 7) is 0. The number of carbonyl (C=O) groups is 1. The topological polar surface area (TPSA) is 86.5 Å². The molecule has 0 saturated heterocycles. The number of nitrogens with one attached hydrogen (secondary N) is 1. The van der Waals surface area contributed by atoms with Crippen molar-refractivity contribution in [2.24, 2.45) is 0 Å². The zero-order valence-corrected chi connectivity index (χ0v) is 17.5. The summed E-state index contributed by atoms with van der Waals surface area (Å²) < 4.78 is 10.5. The second kappa shape index (κ2) is 11.8. The molecule has 0 aliphatic rings. The Morgan fingerprint density at radius 2 is 1.76 bits per heavy atom. The van der Waals surface area contributed by atoms with Crippen LogP contribution in [0.4, 0.5) is 17.2 Å². The number of benzene rings is 2. The maximum atomic E-state index is 11.3. The van der Waals surface area contributed by atoms with Gasteiger partial charge in [0.15, 0.2) is 0 Å². The van der Waals surface area contributed by atoms with Crippen molar-refractivity contribution < 1.29 is 14.3 Å². The molecule has 1 aromatic heterocycles. The van der Waals surface area contributed by atoms with Gasteiger partial charge >= 0.3 is 5.97 Å². The SMILES string of the molecule is COC(=O)CCc1ccc(Oc2ccc(Nc3ccccn3)cc2)cc1N.Cl.Cl. The molecule has 0 saturated carbocycles. The summed E-state index contributed by atoms with van der Waals surface area (Å²) in [5.41, 5.74) is 8.46. The minimum atomic E-state index is -0.255. The number of esters is 1. The summed E-state index contributed by atoms with van der Waals surface area (Å²) in [5, 5.41) is 3.22. The van der Waals surface area contributed by atoms with E-state index in [0.717, 1.165) is 17.1 Å². The number of nitrogen functional groups attached to an aromatic ring is 1. The summed E-state index contributed by atoms with van der Waals surface area (Å²) in [4.78, 5) is 15.5. The van der Waals surface area contributed by atoms with Crippen LogP contribution < -0.4 is 15.8 Å². The largest absolute Gasteiger partial charge is 0.469 e. The zero-order chi connectivity index (χ0) is 19.1. The molecule has 0 unspecified atom stereocenters. The molecule has 2 aromatic carbocycles. The number of nitrogens with zero attached hydrogens (tertiary/aromatic N) is 1. The van der Waals surface area contributed by atoms with Gasteiger partial charge in [-0.2, -0.15) is 0 Å². The van der Waals surface area contributed by atoms with Crippen molar-refractivity contribution in [2.75, 3.05) is 18.2 Å². The molecule has 0 bridgehead atoms. The second-order valence-electron chi connectivity index (χ2n) is 5.90. The van der Waals surface area contributed by atoms with Crippen LogP contribution in [0.2, 0.25) is 0 Å². The van der Waals surface area contributed by atoms with Gasteiger partial charge in [0.05, 0.1) is 7.11 Å². The number of anilines is 3. The average molecular weight is 436 g/mol. The highest BCUT2D eigenvalue weighted by molar-refractivity contribution is 5.85. The monoisotopic (exact) mass is 435 g/mol. The van der Waals surface area contributed by atoms with E-state index >= 15 is 0 Å². The van der Waals surface area contributed by atoms with Crippen molar-refractivity contribution in [3.8, 4) is 11.5 Å². The van der Waals surface area contributed by atoms with E-state index in [2.05, 4.69) is 15.0 Å². The van der Waals surface area contributed by atoms with Crippen LogP contribution in [0, 0.1) is 0 Å². The van der Waals surface area contributed by atoms with Crippen molar-refractivity contribution in [3.63, 3.8) is 0 Å². The predicted molar refractivity (Wildman–Crippen MR) is 120 cm³/mol. The molecule has 0 aliphatic carbocycles. The van der Waals surface area contributed by atoms with Crippen LogP contribution in [0.15, 0.2) is 66.9 Å². The third kappa shape index (κ3) is 7.18. The maximum absolute atomic E-state index is 11.3. The van der Waals surface area contributed by atoms with Crippen molar-refractivity contribution in [1.29, 1.82) is 0 Å². The molecule has 0 fully saturated rings. The van der Waals surface area contributed by atoms with Gasteiger partial charge < -0.3 is 20.5 Å². The molecule has 0 spiro atoms. The Bertz CT molecular complexity index is 907. The highest BCUT2D eigenvalue weighted by Crippen LogP contribution is 2.27. The van der Waals surface area contributed by atoms with Crippen LogP contribution in [0.5, 0.6) is 11.5 Å². The number of hydrogen-bond donors (Lipinski definition) is 2. The van der Waals surface area contributed by atoms with Gasteiger partial charge in [0.25, 0.3) is 0 Å². The Labute approximate surface area is 182 Å². The summed E-state index contributed by atoms with van der Waals surface area (Å²) in [6.07, 6.45) is 2.57. The quantitative estimate of drug-likeness (QED) is 0.394. The first kappa shape index (κ1) is 24.1. The van der Waals surface area contributed by atoms with Gasteiger partial charge in [0.1, 0.15) is 17.3 Å². The minimum Gasteiger partial charge on any atom is -0.469 e. The fourth-order valence-electron chi connectivity index (χ4n) is 2.53. The molecule has 0 aliphatic heterocycles. The Morgan fingerprint density at radius 1 is 1.03 bits per heavy atom. The first-order chi connectivity index (χ1) is 13.1. The summed E-state index contributed by atoms with van der Waals surface area (Å²) in [6, 6.07) is 18.7. The number of ether oxygens (including phenoxy) is 2. The van der Waals surface area contributed by atoms with Crippen molar-refractivity contribution in [3.05, 3.63) is 72.4 Å². The number of hydrogen-bond acceptors (Lipinski definition) is 6. The van der Waals surface area contributed by atoms with Crippen LogP contribution in [-0.4, -0.2) is 18.1 Å². The molecule has 154 valence electrons. The fraction of sp³-hybridized carbons (Fsp3) is 0.143. The summed E-state index contributed by atoms with van der Waals surface area (Å²) >= 11 is 0. The Morgan fingerprint density at radius 3 is 2.38 bits per heavy atom. The van der Waals surface area contributed by atoms with Gasteiger partial charge in [0, 0.05) is 30.1 Å². The average Bonchev–Trinajstić information content (AvgIpc) is 2.69. The van der Waals surface area contributed by atoms with Crippen molar-refractivity contribution >= 4 is 48.0 Å². The molecule has 0 radical (unpaired) electrons. The molecular formula is C21H23Cl2N3O3. The molecule has 3 aromatic rings.